The first-order valence-electron chi connectivity index (χ1n) is 20.4. The van der Waals surface area contributed by atoms with E-state index in [9.17, 15) is 37.2 Å². The number of esters is 1. The SMILES string of the molecule is CCOC(=O)[C@H](CNC(=O)CNC(=O)C(CCC1CCN(C(=O)OC(C)(C)C)CC1)CCC1CCN(C(=O)OC(C)(C)C)CC1)NS(=O)(=O)c1sc(NC(C)=O)nc1C. The minimum Gasteiger partial charge on any atom is -0.465 e. The number of aryl methyl sites for hydroxylation is 1. The molecular weight excluding hydrogens is 807 g/mol. The summed E-state index contributed by atoms with van der Waals surface area (Å²) >= 11 is 0.710. The molecule has 0 bridgehead atoms. The predicted molar refractivity (Wildman–Crippen MR) is 221 cm³/mol. The zero-order chi connectivity index (χ0) is 44.1. The molecule has 0 spiro atoms. The maximum absolute atomic E-state index is 13.7. The molecule has 2 fully saturated rings. The molecule has 0 unspecified atom stereocenters. The van der Waals surface area contributed by atoms with Gasteiger partial charge in [0.15, 0.2) is 9.34 Å². The second-order valence-electron chi connectivity index (χ2n) is 17.2. The first-order valence-corrected chi connectivity index (χ1v) is 22.7. The monoisotopic (exact) mass is 871 g/mol. The van der Waals surface area contributed by atoms with Crippen molar-refractivity contribution in [2.75, 3.05) is 51.2 Å². The van der Waals surface area contributed by atoms with E-state index in [-0.39, 0.29) is 39.7 Å². The van der Waals surface area contributed by atoms with Gasteiger partial charge < -0.3 is 40.0 Å². The third-order valence-corrected chi connectivity index (χ3v) is 13.0. The van der Waals surface area contributed by atoms with Crippen LogP contribution in [0.3, 0.4) is 0 Å². The molecule has 0 saturated carbocycles. The number of sulfonamides is 1. The van der Waals surface area contributed by atoms with Crippen molar-refractivity contribution in [1.82, 2.24) is 30.1 Å². The standard InChI is InChI=1S/C39H65N7O11S2/c1-10-55-33(50)30(44-59(53,54)34-25(2)42-35(58-34)43-26(3)47)23-40-31(48)24-41-32(49)29(13-11-27-15-19-45(20-16-27)36(51)56-38(4,5)6)14-12-28-17-21-46(22-18-28)37(52)57-39(7,8)9/h27-30,44H,10-24H2,1-9H3,(H,40,48)(H,41,49)(H,42,43,47)/t30-/m0/s1. The van der Waals surface area contributed by atoms with Gasteiger partial charge in [-0.2, -0.15) is 4.72 Å². The quantitative estimate of drug-likeness (QED) is 0.127. The lowest BCUT2D eigenvalue weighted by atomic mass is 9.84. The minimum atomic E-state index is -4.33. The Morgan fingerprint density at radius 3 is 1.76 bits per heavy atom. The Morgan fingerprint density at radius 1 is 0.831 bits per heavy atom. The van der Waals surface area contributed by atoms with Crippen LogP contribution in [-0.2, 0) is 43.4 Å². The summed E-state index contributed by atoms with van der Waals surface area (Å²) in [6, 6.07) is -1.50. The second kappa shape index (κ2) is 22.0. The lowest BCUT2D eigenvalue weighted by Gasteiger charge is -2.34. The van der Waals surface area contributed by atoms with Gasteiger partial charge in [0.1, 0.15) is 17.2 Å². The molecule has 1 aromatic heterocycles. The van der Waals surface area contributed by atoms with Crippen LogP contribution in [0.4, 0.5) is 14.7 Å². The number of nitrogens with zero attached hydrogens (tertiary/aromatic N) is 3. The average molecular weight is 872 g/mol. The summed E-state index contributed by atoms with van der Waals surface area (Å²) in [4.78, 5) is 83.6. The van der Waals surface area contributed by atoms with Gasteiger partial charge in [-0.05, 0) is 119 Å². The molecule has 2 aliphatic rings. The van der Waals surface area contributed by atoms with E-state index in [1.165, 1.54) is 13.8 Å². The normalized spacial score (nSPS) is 16.3. The van der Waals surface area contributed by atoms with Gasteiger partial charge in [0.2, 0.25) is 17.7 Å². The van der Waals surface area contributed by atoms with Crippen molar-refractivity contribution in [3.63, 3.8) is 0 Å². The van der Waals surface area contributed by atoms with Gasteiger partial charge in [0.25, 0.3) is 10.0 Å². The molecule has 1 aromatic rings. The molecule has 2 aliphatic heterocycles. The Bertz CT molecular complexity index is 1670. The van der Waals surface area contributed by atoms with Crippen LogP contribution in [0.15, 0.2) is 4.21 Å². The molecule has 4 N–H and O–H groups in total. The first kappa shape index (κ1) is 49.3. The van der Waals surface area contributed by atoms with Gasteiger partial charge in [-0.25, -0.2) is 23.0 Å². The number of hydrogen-bond donors (Lipinski definition) is 4. The van der Waals surface area contributed by atoms with Crippen molar-refractivity contribution >= 4 is 62.4 Å². The molecule has 0 aliphatic carbocycles. The molecule has 18 nitrogen and oxygen atoms in total. The molecule has 334 valence electrons. The Labute approximate surface area is 352 Å². The average Bonchev–Trinajstić information content (AvgIpc) is 3.51. The minimum absolute atomic E-state index is 0.0412. The number of carbonyl (C=O) groups excluding carboxylic acids is 6. The van der Waals surface area contributed by atoms with E-state index in [1.54, 1.807) is 16.7 Å². The number of rotatable bonds is 17. The highest BCUT2D eigenvalue weighted by Gasteiger charge is 2.33. The van der Waals surface area contributed by atoms with Crippen LogP contribution in [0.2, 0.25) is 0 Å². The Kier molecular flexibility index (Phi) is 18.4. The molecular formula is C39H65N7O11S2. The van der Waals surface area contributed by atoms with E-state index in [1.807, 2.05) is 41.5 Å². The van der Waals surface area contributed by atoms with Crippen molar-refractivity contribution in [1.29, 1.82) is 0 Å². The van der Waals surface area contributed by atoms with Crippen LogP contribution in [0, 0.1) is 24.7 Å². The van der Waals surface area contributed by atoms with Crippen LogP contribution in [0.1, 0.15) is 112 Å². The molecule has 20 heteroatoms. The molecule has 5 amide bonds. The van der Waals surface area contributed by atoms with Gasteiger partial charge in [0, 0.05) is 45.6 Å². The maximum Gasteiger partial charge on any atom is 0.410 e. The van der Waals surface area contributed by atoms with E-state index in [0.717, 1.165) is 38.5 Å². The smallest absolute Gasteiger partial charge is 0.410 e. The predicted octanol–water partition coefficient (Wildman–Crippen LogP) is 4.32. The van der Waals surface area contributed by atoms with Gasteiger partial charge in [-0.1, -0.05) is 11.3 Å². The number of amides is 5. The number of likely N-dealkylation sites (tertiary alicyclic amines) is 2. The number of carbonyl (C=O) groups is 6. The Hall–Kier alpha value is -4.04. The highest BCUT2D eigenvalue weighted by molar-refractivity contribution is 7.91. The Balaban J connectivity index is 1.61. The van der Waals surface area contributed by atoms with Crippen LogP contribution >= 0.6 is 11.3 Å². The lowest BCUT2D eigenvalue weighted by molar-refractivity contribution is -0.145. The van der Waals surface area contributed by atoms with Gasteiger partial charge >= 0.3 is 18.2 Å². The first-order chi connectivity index (χ1) is 27.5. The van der Waals surface area contributed by atoms with Crippen molar-refractivity contribution in [2.24, 2.45) is 17.8 Å². The number of piperidine rings is 2. The molecule has 3 heterocycles. The summed E-state index contributed by atoms with van der Waals surface area (Å²) in [5, 5.41) is 7.76. The van der Waals surface area contributed by atoms with Crippen molar-refractivity contribution in [3.8, 4) is 0 Å². The third kappa shape index (κ3) is 17.2. The molecule has 0 aromatic carbocycles. The topological polar surface area (TPSA) is 232 Å². The van der Waals surface area contributed by atoms with E-state index >= 15 is 0 Å². The van der Waals surface area contributed by atoms with E-state index in [4.69, 9.17) is 14.2 Å². The molecule has 2 saturated heterocycles. The molecule has 59 heavy (non-hydrogen) atoms. The highest BCUT2D eigenvalue weighted by atomic mass is 32.2. The summed E-state index contributed by atoms with van der Waals surface area (Å²) in [5.41, 5.74) is -1.06. The summed E-state index contributed by atoms with van der Waals surface area (Å²) < 4.78 is 44.7. The molecule has 3 rings (SSSR count). The lowest BCUT2D eigenvalue weighted by Crippen LogP contribution is -2.50. The van der Waals surface area contributed by atoms with Gasteiger partial charge in [-0.15, -0.1) is 0 Å². The summed E-state index contributed by atoms with van der Waals surface area (Å²) in [6.07, 6.45) is 5.14. The molecule has 0 radical (unpaired) electrons. The van der Waals surface area contributed by atoms with E-state index in [0.29, 0.717) is 62.2 Å². The fourth-order valence-electron chi connectivity index (χ4n) is 6.82. The van der Waals surface area contributed by atoms with E-state index < -0.39 is 64.1 Å². The fourth-order valence-corrected chi connectivity index (χ4v) is 9.49. The molecule has 1 atom stereocenters. The van der Waals surface area contributed by atoms with E-state index in [2.05, 4.69) is 25.7 Å². The van der Waals surface area contributed by atoms with Crippen LogP contribution in [0.25, 0.3) is 0 Å². The maximum atomic E-state index is 13.7. The van der Waals surface area contributed by atoms with Gasteiger partial charge in [0.05, 0.1) is 18.8 Å². The largest absolute Gasteiger partial charge is 0.465 e. The van der Waals surface area contributed by atoms with Crippen molar-refractivity contribution in [3.05, 3.63) is 5.69 Å². The van der Waals surface area contributed by atoms with Crippen molar-refractivity contribution < 1.29 is 51.4 Å². The summed E-state index contributed by atoms with van der Waals surface area (Å²) in [5.74, 6) is -2.08. The van der Waals surface area contributed by atoms with Crippen LogP contribution in [0.5, 0.6) is 0 Å². The number of hydrogen-bond acceptors (Lipinski definition) is 13. The summed E-state index contributed by atoms with van der Waals surface area (Å²) in [7, 11) is -4.33. The van der Waals surface area contributed by atoms with Crippen LogP contribution < -0.4 is 20.7 Å². The number of anilines is 1. The summed E-state index contributed by atoms with van der Waals surface area (Å²) in [6.45, 7) is 16.6. The fraction of sp³-hybridized carbons (Fsp3) is 0.769. The number of ether oxygens (including phenoxy) is 3. The number of nitrogens with one attached hydrogen (secondary N) is 4. The number of thiazole rings is 1. The van der Waals surface area contributed by atoms with Crippen LogP contribution in [-0.4, -0.2) is 122 Å². The number of aromatic nitrogens is 1. The van der Waals surface area contributed by atoms with Gasteiger partial charge in [-0.3, -0.25) is 19.2 Å². The third-order valence-electron chi connectivity index (χ3n) is 9.83. The highest BCUT2D eigenvalue weighted by Crippen LogP contribution is 2.30. The van der Waals surface area contributed by atoms with Crippen molar-refractivity contribution in [2.45, 2.75) is 135 Å². The second-order valence-corrected chi connectivity index (χ2v) is 20.1. The zero-order valence-corrected chi connectivity index (χ0v) is 37.7. The Morgan fingerprint density at radius 2 is 1.32 bits per heavy atom. The zero-order valence-electron chi connectivity index (χ0n) is 36.1.